The third-order valence-electron chi connectivity index (χ3n) is 5.20. The maximum Gasteiger partial charge on any atom is 0.251 e. The molecule has 1 aromatic carbocycles. The highest BCUT2D eigenvalue weighted by Gasteiger charge is 2.51. The molecule has 1 saturated heterocycles. The average Bonchev–Trinajstić information content (AvgIpc) is 3.02. The first-order valence-corrected chi connectivity index (χ1v) is 10.1. The number of ether oxygens (including phenoxy) is 1. The number of benzene rings is 1. The molecule has 2 aromatic rings. The number of thioether (sulfide) groups is 1. The fourth-order valence-corrected chi connectivity index (χ4v) is 4.86. The number of fused-ring (bicyclic) bond motifs is 1. The molecule has 2 aliphatic heterocycles. The van der Waals surface area contributed by atoms with Gasteiger partial charge in [0.05, 0.1) is 13.7 Å². The third-order valence-corrected chi connectivity index (χ3v) is 6.15. The van der Waals surface area contributed by atoms with Crippen LogP contribution >= 0.6 is 11.8 Å². The molecule has 0 unspecified atom stereocenters. The van der Waals surface area contributed by atoms with Crippen LogP contribution < -0.4 is 15.4 Å². The molecule has 150 valence electrons. The van der Waals surface area contributed by atoms with E-state index >= 15 is 0 Å². The first kappa shape index (κ1) is 19.1. The Hall–Kier alpha value is -2.20. The van der Waals surface area contributed by atoms with Crippen molar-refractivity contribution in [2.24, 2.45) is 23.7 Å². The minimum atomic E-state index is -0.964. The van der Waals surface area contributed by atoms with Crippen LogP contribution in [0.1, 0.15) is 30.7 Å². The molecule has 0 bridgehead atoms. The summed E-state index contributed by atoms with van der Waals surface area (Å²) in [6, 6.07) is 3.57. The first-order chi connectivity index (χ1) is 13.4. The summed E-state index contributed by atoms with van der Waals surface area (Å²) < 4.78 is 34.2. The molecule has 28 heavy (non-hydrogen) atoms. The van der Waals surface area contributed by atoms with Crippen molar-refractivity contribution in [3.05, 3.63) is 47.3 Å². The maximum absolute atomic E-state index is 14.6. The second-order valence-electron chi connectivity index (χ2n) is 6.91. The van der Waals surface area contributed by atoms with E-state index in [2.05, 4.69) is 10.1 Å². The molecule has 0 saturated carbocycles. The predicted molar refractivity (Wildman–Crippen MR) is 99.4 cm³/mol. The molecule has 0 radical (unpaired) electrons. The van der Waals surface area contributed by atoms with Gasteiger partial charge >= 0.3 is 0 Å². The van der Waals surface area contributed by atoms with E-state index in [1.54, 1.807) is 22.9 Å². The molecule has 1 fully saturated rings. The number of nitrogens with two attached hydrogens (primary N) is 1. The Kier molecular flexibility index (Phi) is 5.00. The highest BCUT2D eigenvalue weighted by Crippen LogP contribution is 2.49. The SMILES string of the molecule is CCO[n+]1cc([C@H]2C[C@H]3CSC(N)=N[C@@]3(c3ccc(F)cc3F)CO2)nn1C. The Labute approximate surface area is 165 Å². The van der Waals surface area contributed by atoms with Crippen LogP contribution in [0.3, 0.4) is 0 Å². The number of aryl methyl sites for hydroxylation is 1. The Morgan fingerprint density at radius 1 is 1.46 bits per heavy atom. The van der Waals surface area contributed by atoms with Crippen LogP contribution in [-0.2, 0) is 17.3 Å². The van der Waals surface area contributed by atoms with Crippen molar-refractivity contribution in [3.8, 4) is 0 Å². The fourth-order valence-electron chi connectivity index (χ4n) is 3.85. The van der Waals surface area contributed by atoms with E-state index in [9.17, 15) is 8.78 Å². The molecule has 0 spiro atoms. The number of rotatable bonds is 4. The van der Waals surface area contributed by atoms with Crippen molar-refractivity contribution in [1.29, 1.82) is 0 Å². The molecule has 3 atom stereocenters. The van der Waals surface area contributed by atoms with Gasteiger partial charge in [-0.15, -0.1) is 0 Å². The van der Waals surface area contributed by atoms with Gasteiger partial charge in [0.2, 0.25) is 6.20 Å². The highest BCUT2D eigenvalue weighted by atomic mass is 32.2. The standard InChI is InChI=1S/C18H22F2N5O2S/c1-3-27-25-8-15(23-24(25)2)16-6-11-9-28-17(21)22-18(11,10-26-16)13-5-4-12(19)7-14(13)20/h4-5,7-8,11,16H,3,6,9-10H2,1-2H3,(H2,21,22)/q+1/t11-,16+,18-/m0/s1. The first-order valence-electron chi connectivity index (χ1n) is 9.07. The van der Waals surface area contributed by atoms with Gasteiger partial charge in [-0.2, -0.15) is 0 Å². The number of hydrogen-bond donors (Lipinski definition) is 1. The van der Waals surface area contributed by atoms with Gasteiger partial charge in [0.1, 0.15) is 29.9 Å². The van der Waals surface area contributed by atoms with Crippen LogP contribution in [0.25, 0.3) is 0 Å². The predicted octanol–water partition coefficient (Wildman–Crippen LogP) is 1.47. The van der Waals surface area contributed by atoms with Gasteiger partial charge in [-0.25, -0.2) is 13.8 Å². The van der Waals surface area contributed by atoms with Crippen molar-refractivity contribution in [3.63, 3.8) is 0 Å². The van der Waals surface area contributed by atoms with Crippen LogP contribution in [0.4, 0.5) is 8.78 Å². The maximum atomic E-state index is 14.6. The number of aliphatic imine (C=N–C) groups is 1. The summed E-state index contributed by atoms with van der Waals surface area (Å²) in [6.45, 7) is 2.54. The monoisotopic (exact) mass is 410 g/mol. The molecule has 3 heterocycles. The second kappa shape index (κ2) is 7.32. The Morgan fingerprint density at radius 3 is 3.04 bits per heavy atom. The largest absolute Gasteiger partial charge is 0.379 e. The smallest absolute Gasteiger partial charge is 0.251 e. The number of amidine groups is 1. The van der Waals surface area contributed by atoms with Crippen LogP contribution in [0.2, 0.25) is 0 Å². The minimum Gasteiger partial charge on any atom is -0.379 e. The van der Waals surface area contributed by atoms with Crippen LogP contribution in [0, 0.1) is 17.6 Å². The minimum absolute atomic E-state index is 0.0361. The van der Waals surface area contributed by atoms with Crippen LogP contribution in [0.15, 0.2) is 29.4 Å². The van der Waals surface area contributed by atoms with Gasteiger partial charge in [0.25, 0.3) is 5.69 Å². The van der Waals surface area contributed by atoms with Crippen molar-refractivity contribution >= 4 is 16.9 Å². The topological polar surface area (TPSA) is 78.5 Å². The Morgan fingerprint density at radius 2 is 2.29 bits per heavy atom. The van der Waals surface area contributed by atoms with Crippen LogP contribution in [-0.4, -0.2) is 34.0 Å². The molecular weight excluding hydrogens is 388 g/mol. The van der Waals surface area contributed by atoms with E-state index < -0.39 is 17.2 Å². The quantitative estimate of drug-likeness (QED) is 0.773. The van der Waals surface area contributed by atoms with Gasteiger partial charge in [-0.05, 0) is 24.2 Å². The van der Waals surface area contributed by atoms with Crippen molar-refractivity contribution in [2.75, 3.05) is 19.0 Å². The van der Waals surface area contributed by atoms with Crippen LogP contribution in [0.5, 0.6) is 0 Å². The van der Waals surface area contributed by atoms with Gasteiger partial charge in [0.15, 0.2) is 5.17 Å². The number of nitrogens with zero attached hydrogens (tertiary/aromatic N) is 4. The highest BCUT2D eigenvalue weighted by molar-refractivity contribution is 8.13. The summed E-state index contributed by atoms with van der Waals surface area (Å²) in [5, 5.41) is 4.85. The lowest BCUT2D eigenvalue weighted by Gasteiger charge is -2.45. The Balaban J connectivity index is 1.67. The van der Waals surface area contributed by atoms with E-state index in [0.717, 1.165) is 11.8 Å². The zero-order chi connectivity index (χ0) is 19.9. The summed E-state index contributed by atoms with van der Waals surface area (Å²) in [5.41, 5.74) is 6.05. The number of aromatic nitrogens is 3. The zero-order valence-corrected chi connectivity index (χ0v) is 16.5. The summed E-state index contributed by atoms with van der Waals surface area (Å²) in [4.78, 5) is 13.2. The van der Waals surface area contributed by atoms with E-state index in [0.29, 0.717) is 29.5 Å². The second-order valence-corrected chi connectivity index (χ2v) is 7.95. The molecule has 1 aromatic heterocycles. The molecule has 2 N–H and O–H groups in total. The molecule has 4 rings (SSSR count). The summed E-state index contributed by atoms with van der Waals surface area (Å²) in [5.74, 6) is -0.627. The Bertz CT molecular complexity index is 921. The molecule has 10 heteroatoms. The lowest BCUT2D eigenvalue weighted by atomic mass is 9.74. The van der Waals surface area contributed by atoms with Gasteiger partial charge < -0.3 is 15.3 Å². The lowest BCUT2D eigenvalue weighted by Crippen LogP contribution is -2.49. The van der Waals surface area contributed by atoms with E-state index in [-0.39, 0.29) is 18.6 Å². The number of halogens is 2. The molecule has 2 aliphatic rings. The summed E-state index contributed by atoms with van der Waals surface area (Å²) >= 11 is 1.44. The number of hydrogen-bond acceptors (Lipinski definition) is 6. The zero-order valence-electron chi connectivity index (χ0n) is 15.6. The van der Waals surface area contributed by atoms with Gasteiger partial charge in [0, 0.05) is 33.2 Å². The lowest BCUT2D eigenvalue weighted by molar-refractivity contribution is -0.952. The molecule has 7 nitrogen and oxygen atoms in total. The van der Waals surface area contributed by atoms with E-state index in [4.69, 9.17) is 15.3 Å². The normalized spacial score (nSPS) is 27.2. The molecule has 0 aliphatic carbocycles. The third kappa shape index (κ3) is 3.24. The van der Waals surface area contributed by atoms with Gasteiger partial charge in [-0.3, -0.25) is 0 Å². The molecular formula is C18H22F2N5O2S+. The average molecular weight is 410 g/mol. The van der Waals surface area contributed by atoms with Gasteiger partial charge in [-0.1, -0.05) is 17.8 Å². The van der Waals surface area contributed by atoms with Crippen molar-refractivity contribution in [1.82, 2.24) is 9.90 Å². The van der Waals surface area contributed by atoms with Crippen molar-refractivity contribution < 1.29 is 23.2 Å². The van der Waals surface area contributed by atoms with E-state index in [1.165, 1.54) is 23.9 Å². The van der Waals surface area contributed by atoms with E-state index in [1.807, 2.05) is 6.92 Å². The van der Waals surface area contributed by atoms with Crippen molar-refractivity contribution in [2.45, 2.75) is 25.0 Å². The fraction of sp³-hybridized carbons (Fsp3) is 0.500. The summed E-state index contributed by atoms with van der Waals surface area (Å²) in [6.07, 6.45) is 2.10. The summed E-state index contributed by atoms with van der Waals surface area (Å²) in [7, 11) is 1.78. The molecule has 0 amide bonds.